The molecule has 0 radical (unpaired) electrons. The Morgan fingerprint density at radius 1 is 1.47 bits per heavy atom. The van der Waals surface area contributed by atoms with Crippen molar-refractivity contribution in [1.82, 2.24) is 9.78 Å². The summed E-state index contributed by atoms with van der Waals surface area (Å²) in [7, 11) is 0. The first kappa shape index (κ1) is 16.4. The number of rotatable bonds is 7. The summed E-state index contributed by atoms with van der Waals surface area (Å²) in [5, 5.41) is 8.14. The van der Waals surface area contributed by atoms with Crippen molar-refractivity contribution in [2.24, 2.45) is 5.92 Å². The zero-order valence-electron chi connectivity index (χ0n) is 11.9. The van der Waals surface area contributed by atoms with Crippen LogP contribution in [0.5, 0.6) is 0 Å². The van der Waals surface area contributed by atoms with Gasteiger partial charge in [0.25, 0.3) is 5.56 Å². The molecular formula is C13H22ClN3OS. The van der Waals surface area contributed by atoms with E-state index < -0.39 is 0 Å². The van der Waals surface area contributed by atoms with E-state index in [1.807, 2.05) is 25.6 Å². The van der Waals surface area contributed by atoms with Gasteiger partial charge in [-0.3, -0.25) is 4.79 Å². The molecule has 19 heavy (non-hydrogen) atoms. The second kappa shape index (κ2) is 7.80. The smallest absolute Gasteiger partial charge is 0.287 e. The molecule has 0 saturated heterocycles. The highest BCUT2D eigenvalue weighted by atomic mass is 35.5. The molecule has 1 rings (SSSR count). The molecule has 1 atom stereocenters. The van der Waals surface area contributed by atoms with Gasteiger partial charge in [0.1, 0.15) is 5.02 Å². The highest BCUT2D eigenvalue weighted by Crippen LogP contribution is 2.16. The molecule has 4 nitrogen and oxygen atoms in total. The van der Waals surface area contributed by atoms with E-state index in [0.29, 0.717) is 23.4 Å². The van der Waals surface area contributed by atoms with Gasteiger partial charge in [-0.1, -0.05) is 32.4 Å². The summed E-state index contributed by atoms with van der Waals surface area (Å²) in [6.45, 7) is 7.63. The molecule has 0 aromatic carbocycles. The number of anilines is 1. The number of thioether (sulfide) groups is 1. The van der Waals surface area contributed by atoms with Crippen molar-refractivity contribution in [1.29, 1.82) is 0 Å². The third-order valence-electron chi connectivity index (χ3n) is 2.79. The minimum absolute atomic E-state index is 0.224. The van der Waals surface area contributed by atoms with Crippen LogP contribution in [0.3, 0.4) is 0 Å². The summed E-state index contributed by atoms with van der Waals surface area (Å²) in [6.07, 6.45) is 4.74. The lowest BCUT2D eigenvalue weighted by molar-refractivity contribution is 0.464. The lowest BCUT2D eigenvalue weighted by Crippen LogP contribution is -2.26. The van der Waals surface area contributed by atoms with Crippen molar-refractivity contribution >= 4 is 29.1 Å². The highest BCUT2D eigenvalue weighted by molar-refractivity contribution is 7.99. The molecule has 1 unspecified atom stereocenters. The zero-order chi connectivity index (χ0) is 14.4. The van der Waals surface area contributed by atoms with Gasteiger partial charge in [-0.15, -0.1) is 0 Å². The summed E-state index contributed by atoms with van der Waals surface area (Å²) in [5.41, 5.74) is 0.401. The van der Waals surface area contributed by atoms with Crippen LogP contribution in [0.1, 0.15) is 27.2 Å². The molecule has 6 heteroatoms. The first-order chi connectivity index (χ1) is 8.95. The maximum atomic E-state index is 12.0. The van der Waals surface area contributed by atoms with E-state index in [-0.39, 0.29) is 10.6 Å². The monoisotopic (exact) mass is 303 g/mol. The quantitative estimate of drug-likeness (QED) is 0.841. The topological polar surface area (TPSA) is 46.9 Å². The fourth-order valence-electron chi connectivity index (χ4n) is 1.59. The van der Waals surface area contributed by atoms with E-state index in [9.17, 15) is 4.79 Å². The molecule has 0 fully saturated rings. The number of nitrogens with zero attached hydrogens (tertiary/aromatic N) is 2. The van der Waals surface area contributed by atoms with Crippen LogP contribution in [0.4, 0.5) is 5.69 Å². The molecular weight excluding hydrogens is 282 g/mol. The number of hydrogen-bond donors (Lipinski definition) is 1. The number of aromatic nitrogens is 2. The van der Waals surface area contributed by atoms with Gasteiger partial charge in [-0.2, -0.15) is 16.9 Å². The average Bonchev–Trinajstić information content (AvgIpc) is 2.37. The molecule has 1 aromatic rings. The molecule has 0 spiro atoms. The van der Waals surface area contributed by atoms with Crippen molar-refractivity contribution in [3.8, 4) is 0 Å². The lowest BCUT2D eigenvalue weighted by Gasteiger charge is -2.13. The summed E-state index contributed by atoms with van der Waals surface area (Å²) in [6, 6.07) is 0. The van der Waals surface area contributed by atoms with Gasteiger partial charge >= 0.3 is 0 Å². The van der Waals surface area contributed by atoms with Gasteiger partial charge in [0, 0.05) is 18.3 Å². The Kier molecular flexibility index (Phi) is 6.72. The van der Waals surface area contributed by atoms with E-state index in [4.69, 9.17) is 11.6 Å². The van der Waals surface area contributed by atoms with Crippen LogP contribution in [0, 0.1) is 5.92 Å². The van der Waals surface area contributed by atoms with Gasteiger partial charge in [-0.25, -0.2) is 4.68 Å². The molecule has 1 aromatic heterocycles. The molecule has 0 bridgehead atoms. The van der Waals surface area contributed by atoms with Gasteiger partial charge in [0.05, 0.1) is 11.9 Å². The lowest BCUT2D eigenvalue weighted by atomic mass is 10.2. The predicted molar refractivity (Wildman–Crippen MR) is 84.4 cm³/mol. The molecule has 0 amide bonds. The van der Waals surface area contributed by atoms with Crippen LogP contribution in [0.25, 0.3) is 0 Å². The van der Waals surface area contributed by atoms with Crippen LogP contribution in [0.15, 0.2) is 11.0 Å². The Morgan fingerprint density at radius 2 is 2.16 bits per heavy atom. The number of nitrogens with one attached hydrogen (secondary N) is 1. The van der Waals surface area contributed by atoms with Gasteiger partial charge in [0.2, 0.25) is 0 Å². The fraction of sp³-hybridized carbons (Fsp3) is 0.692. The van der Waals surface area contributed by atoms with Crippen LogP contribution >= 0.6 is 23.4 Å². The summed E-state index contributed by atoms with van der Waals surface area (Å²) in [5.74, 6) is 0.363. The standard InChI is InChI=1S/C13H22ClN3OS/c1-9(2)8-17-13(18)12(14)11(7-16-17)15-6-5-10(3)19-4/h7,9-10,15H,5-6,8H2,1-4H3. The summed E-state index contributed by atoms with van der Waals surface area (Å²) in [4.78, 5) is 12.0. The van der Waals surface area contributed by atoms with Crippen molar-refractivity contribution in [3.05, 3.63) is 21.6 Å². The summed E-state index contributed by atoms with van der Waals surface area (Å²) >= 11 is 7.91. The van der Waals surface area contributed by atoms with Crippen molar-refractivity contribution in [2.45, 2.75) is 39.0 Å². The van der Waals surface area contributed by atoms with E-state index in [2.05, 4.69) is 23.6 Å². The summed E-state index contributed by atoms with van der Waals surface area (Å²) < 4.78 is 1.42. The van der Waals surface area contributed by atoms with E-state index in [1.165, 1.54) is 4.68 Å². The zero-order valence-corrected chi connectivity index (χ0v) is 13.5. The second-order valence-corrected chi connectivity index (χ2v) is 6.67. The molecule has 1 heterocycles. The van der Waals surface area contributed by atoms with E-state index >= 15 is 0 Å². The molecule has 108 valence electrons. The van der Waals surface area contributed by atoms with Crippen LogP contribution in [-0.4, -0.2) is 27.8 Å². The first-order valence-corrected chi connectivity index (χ1v) is 8.14. The average molecular weight is 304 g/mol. The van der Waals surface area contributed by atoms with Crippen molar-refractivity contribution in [2.75, 3.05) is 18.1 Å². The van der Waals surface area contributed by atoms with Crippen molar-refractivity contribution < 1.29 is 0 Å². The Labute approximate surface area is 123 Å². The largest absolute Gasteiger partial charge is 0.382 e. The van der Waals surface area contributed by atoms with Crippen LogP contribution in [-0.2, 0) is 6.54 Å². The third-order valence-corrected chi connectivity index (χ3v) is 4.20. The fourth-order valence-corrected chi connectivity index (χ4v) is 2.16. The molecule has 1 N–H and O–H groups in total. The van der Waals surface area contributed by atoms with Crippen molar-refractivity contribution in [3.63, 3.8) is 0 Å². The molecule has 0 aliphatic heterocycles. The SMILES string of the molecule is CSC(C)CCNc1cnn(CC(C)C)c(=O)c1Cl. The van der Waals surface area contributed by atoms with Crippen LogP contribution in [0.2, 0.25) is 5.02 Å². The molecule has 0 aliphatic carbocycles. The van der Waals surface area contributed by atoms with Gasteiger partial charge in [0.15, 0.2) is 0 Å². The predicted octanol–water partition coefficient (Wildman–Crippen LogP) is 3.11. The minimum atomic E-state index is -0.224. The Morgan fingerprint density at radius 3 is 2.74 bits per heavy atom. The Bertz CT molecular complexity index is 462. The van der Waals surface area contributed by atoms with E-state index in [0.717, 1.165) is 13.0 Å². The Hall–Kier alpha value is -0.680. The van der Waals surface area contributed by atoms with Crippen LogP contribution < -0.4 is 10.9 Å². The number of hydrogen-bond acceptors (Lipinski definition) is 4. The second-order valence-electron chi connectivity index (χ2n) is 5.02. The normalized spacial score (nSPS) is 12.7. The third kappa shape index (κ3) is 5.07. The maximum Gasteiger partial charge on any atom is 0.287 e. The molecule has 0 saturated carbocycles. The Balaban J connectivity index is 2.71. The van der Waals surface area contributed by atoms with E-state index in [1.54, 1.807) is 6.20 Å². The highest BCUT2D eigenvalue weighted by Gasteiger charge is 2.10. The van der Waals surface area contributed by atoms with Gasteiger partial charge in [-0.05, 0) is 18.6 Å². The first-order valence-electron chi connectivity index (χ1n) is 6.48. The minimum Gasteiger partial charge on any atom is -0.382 e. The molecule has 0 aliphatic rings. The van der Waals surface area contributed by atoms with Gasteiger partial charge < -0.3 is 5.32 Å². The number of halogens is 1. The maximum absolute atomic E-state index is 12.0.